The van der Waals surface area contributed by atoms with E-state index in [1.165, 1.54) is 23.1 Å². The van der Waals surface area contributed by atoms with Crippen molar-refractivity contribution in [2.75, 3.05) is 18.9 Å². The smallest absolute Gasteiger partial charge is 0.335 e. The fourth-order valence-electron chi connectivity index (χ4n) is 1.10. The summed E-state index contributed by atoms with van der Waals surface area (Å²) in [6, 6.07) is 3.85. The van der Waals surface area contributed by atoms with Gasteiger partial charge in [-0.3, -0.25) is 0 Å². The average Bonchev–Trinajstić information content (AvgIpc) is 2.30. The molecule has 0 bridgehead atoms. The molecule has 92 valence electrons. The van der Waals surface area contributed by atoms with Gasteiger partial charge in [0, 0.05) is 13.6 Å². The standard InChI is InChI=1S/C11H13ClN2O3/c1-3-14(2)11(17)13-9-5-4-7(10(15)16)6-8(9)12/h4-6H,3H2,1-2H3,(H,13,17)(H,15,16). The van der Waals surface area contributed by atoms with Crippen molar-refractivity contribution in [1.29, 1.82) is 0 Å². The van der Waals surface area contributed by atoms with Gasteiger partial charge in [0.15, 0.2) is 0 Å². The van der Waals surface area contributed by atoms with E-state index < -0.39 is 5.97 Å². The number of nitrogens with zero attached hydrogens (tertiary/aromatic N) is 1. The Bertz CT molecular complexity index is 448. The van der Waals surface area contributed by atoms with Crippen LogP contribution in [0.15, 0.2) is 18.2 Å². The molecule has 0 radical (unpaired) electrons. The Hall–Kier alpha value is -1.75. The molecule has 0 saturated heterocycles. The van der Waals surface area contributed by atoms with Crippen LogP contribution >= 0.6 is 11.6 Å². The van der Waals surface area contributed by atoms with E-state index in [1.807, 2.05) is 6.92 Å². The van der Waals surface area contributed by atoms with Gasteiger partial charge in [-0.05, 0) is 25.1 Å². The molecule has 6 heteroatoms. The lowest BCUT2D eigenvalue weighted by molar-refractivity contribution is 0.0697. The fraction of sp³-hybridized carbons (Fsp3) is 0.273. The van der Waals surface area contributed by atoms with Gasteiger partial charge in [0.05, 0.1) is 16.3 Å². The summed E-state index contributed by atoms with van der Waals surface area (Å²) >= 11 is 5.87. The zero-order valence-electron chi connectivity index (χ0n) is 9.53. The predicted octanol–water partition coefficient (Wildman–Crippen LogP) is 2.52. The number of nitrogens with one attached hydrogen (secondary N) is 1. The maximum Gasteiger partial charge on any atom is 0.335 e. The average molecular weight is 257 g/mol. The number of aromatic carboxylic acids is 1. The van der Waals surface area contributed by atoms with Crippen LogP contribution in [-0.4, -0.2) is 35.6 Å². The number of urea groups is 1. The minimum Gasteiger partial charge on any atom is -0.478 e. The van der Waals surface area contributed by atoms with E-state index in [9.17, 15) is 9.59 Å². The van der Waals surface area contributed by atoms with E-state index >= 15 is 0 Å². The minimum absolute atomic E-state index is 0.0804. The molecule has 0 spiro atoms. The Kier molecular flexibility index (Phi) is 4.34. The highest BCUT2D eigenvalue weighted by molar-refractivity contribution is 6.34. The summed E-state index contributed by atoms with van der Waals surface area (Å²) in [5, 5.41) is 11.5. The van der Waals surface area contributed by atoms with Gasteiger partial charge in [-0.2, -0.15) is 0 Å². The molecule has 1 rings (SSSR count). The van der Waals surface area contributed by atoms with Gasteiger partial charge in [-0.1, -0.05) is 11.6 Å². The van der Waals surface area contributed by atoms with Gasteiger partial charge in [-0.15, -0.1) is 0 Å². The molecule has 2 N–H and O–H groups in total. The number of rotatable bonds is 3. The fourth-order valence-corrected chi connectivity index (χ4v) is 1.33. The van der Waals surface area contributed by atoms with Crippen LogP contribution < -0.4 is 5.32 Å². The van der Waals surface area contributed by atoms with E-state index in [0.717, 1.165) is 0 Å². The van der Waals surface area contributed by atoms with Crippen molar-refractivity contribution in [1.82, 2.24) is 4.90 Å². The Morgan fingerprint density at radius 2 is 2.12 bits per heavy atom. The van der Waals surface area contributed by atoms with Crippen LogP contribution in [0.4, 0.5) is 10.5 Å². The topological polar surface area (TPSA) is 69.6 Å². The van der Waals surface area contributed by atoms with E-state index in [-0.39, 0.29) is 16.6 Å². The van der Waals surface area contributed by atoms with Gasteiger partial charge in [0.25, 0.3) is 0 Å². The summed E-state index contributed by atoms with van der Waals surface area (Å²) in [5.41, 5.74) is 0.471. The van der Waals surface area contributed by atoms with Crippen LogP contribution in [-0.2, 0) is 0 Å². The summed E-state index contributed by atoms with van der Waals surface area (Å²) < 4.78 is 0. The number of carboxylic acids is 1. The molecular weight excluding hydrogens is 244 g/mol. The molecule has 0 aliphatic heterocycles. The molecule has 0 aliphatic rings. The lowest BCUT2D eigenvalue weighted by Crippen LogP contribution is -2.31. The number of hydrogen-bond acceptors (Lipinski definition) is 2. The molecule has 1 aromatic rings. The SMILES string of the molecule is CCN(C)C(=O)Nc1ccc(C(=O)O)cc1Cl. The van der Waals surface area contributed by atoms with E-state index in [0.29, 0.717) is 12.2 Å². The normalized spacial score (nSPS) is 9.82. The summed E-state index contributed by atoms with van der Waals surface area (Å²) in [4.78, 5) is 23.7. The molecule has 0 aromatic heterocycles. The second-order valence-electron chi connectivity index (χ2n) is 3.44. The molecule has 0 saturated carbocycles. The lowest BCUT2D eigenvalue weighted by atomic mass is 10.2. The highest BCUT2D eigenvalue weighted by Crippen LogP contribution is 2.23. The van der Waals surface area contributed by atoms with Crippen molar-refractivity contribution in [2.24, 2.45) is 0 Å². The third kappa shape index (κ3) is 3.35. The Labute approximate surface area is 104 Å². The molecule has 17 heavy (non-hydrogen) atoms. The Morgan fingerprint density at radius 1 is 1.47 bits per heavy atom. The largest absolute Gasteiger partial charge is 0.478 e. The van der Waals surface area contributed by atoms with Crippen LogP contribution in [0.25, 0.3) is 0 Å². The first kappa shape index (κ1) is 13.3. The number of carboxylic acid groups (broad SMARTS) is 1. The van der Waals surface area contributed by atoms with Crippen LogP contribution in [0.5, 0.6) is 0 Å². The van der Waals surface area contributed by atoms with Crippen molar-refractivity contribution >= 4 is 29.3 Å². The minimum atomic E-state index is -1.06. The molecule has 0 aliphatic carbocycles. The zero-order chi connectivity index (χ0) is 13.0. The van der Waals surface area contributed by atoms with Crippen LogP contribution in [0, 0.1) is 0 Å². The number of anilines is 1. The molecule has 5 nitrogen and oxygen atoms in total. The van der Waals surface area contributed by atoms with Crippen molar-refractivity contribution in [2.45, 2.75) is 6.92 Å². The van der Waals surface area contributed by atoms with Crippen LogP contribution in [0.2, 0.25) is 5.02 Å². The first-order chi connectivity index (χ1) is 7.95. The molecule has 1 aromatic carbocycles. The lowest BCUT2D eigenvalue weighted by Gasteiger charge is -2.16. The molecule has 2 amide bonds. The van der Waals surface area contributed by atoms with Crippen molar-refractivity contribution in [3.63, 3.8) is 0 Å². The quantitative estimate of drug-likeness (QED) is 0.873. The number of amides is 2. The van der Waals surface area contributed by atoms with E-state index in [1.54, 1.807) is 7.05 Å². The van der Waals surface area contributed by atoms with Crippen LogP contribution in [0.1, 0.15) is 17.3 Å². The predicted molar refractivity (Wildman–Crippen MR) is 65.7 cm³/mol. The van der Waals surface area contributed by atoms with E-state index in [2.05, 4.69) is 5.32 Å². The molecule has 0 atom stereocenters. The highest BCUT2D eigenvalue weighted by atomic mass is 35.5. The van der Waals surface area contributed by atoms with E-state index in [4.69, 9.17) is 16.7 Å². The number of carbonyl (C=O) groups excluding carboxylic acids is 1. The molecule has 0 heterocycles. The third-order valence-corrected chi connectivity index (χ3v) is 2.59. The maximum absolute atomic E-state index is 11.6. The third-order valence-electron chi connectivity index (χ3n) is 2.28. The van der Waals surface area contributed by atoms with Crippen LogP contribution in [0.3, 0.4) is 0 Å². The molecular formula is C11H13ClN2O3. The van der Waals surface area contributed by atoms with Gasteiger partial charge in [-0.25, -0.2) is 9.59 Å². The number of hydrogen-bond donors (Lipinski definition) is 2. The van der Waals surface area contributed by atoms with Gasteiger partial charge >= 0.3 is 12.0 Å². The number of carbonyl (C=O) groups is 2. The van der Waals surface area contributed by atoms with Gasteiger partial charge in [0.2, 0.25) is 0 Å². The van der Waals surface area contributed by atoms with Gasteiger partial charge in [0.1, 0.15) is 0 Å². The molecule has 0 unspecified atom stereocenters. The summed E-state index contributed by atoms with van der Waals surface area (Å²) in [6.07, 6.45) is 0. The second kappa shape index (κ2) is 5.54. The Morgan fingerprint density at radius 3 is 2.59 bits per heavy atom. The van der Waals surface area contributed by atoms with Crippen molar-refractivity contribution in [3.8, 4) is 0 Å². The van der Waals surface area contributed by atoms with Crippen molar-refractivity contribution in [3.05, 3.63) is 28.8 Å². The summed E-state index contributed by atoms with van der Waals surface area (Å²) in [6.45, 7) is 2.41. The number of benzene rings is 1. The summed E-state index contributed by atoms with van der Waals surface area (Å²) in [7, 11) is 1.65. The molecule has 0 fully saturated rings. The first-order valence-corrected chi connectivity index (χ1v) is 5.38. The monoisotopic (exact) mass is 256 g/mol. The zero-order valence-corrected chi connectivity index (χ0v) is 10.3. The summed E-state index contributed by atoms with van der Waals surface area (Å²) in [5.74, 6) is -1.06. The number of halogens is 1. The highest BCUT2D eigenvalue weighted by Gasteiger charge is 2.11. The van der Waals surface area contributed by atoms with Crippen molar-refractivity contribution < 1.29 is 14.7 Å². The maximum atomic E-state index is 11.6. The van der Waals surface area contributed by atoms with Gasteiger partial charge < -0.3 is 15.3 Å². The Balaban J connectivity index is 2.86. The first-order valence-electron chi connectivity index (χ1n) is 5.00. The second-order valence-corrected chi connectivity index (χ2v) is 3.85.